The van der Waals surface area contributed by atoms with Crippen LogP contribution in [0.15, 0.2) is 6.20 Å². The van der Waals surface area contributed by atoms with Gasteiger partial charge in [0, 0.05) is 32.7 Å². The minimum absolute atomic E-state index is 0.109. The highest BCUT2D eigenvalue weighted by Gasteiger charge is 2.27. The van der Waals surface area contributed by atoms with Gasteiger partial charge in [0.2, 0.25) is 0 Å². The maximum absolute atomic E-state index is 12.7. The Bertz CT molecular complexity index is 574. The van der Waals surface area contributed by atoms with Crippen molar-refractivity contribution in [1.29, 1.82) is 0 Å². The molecule has 1 aliphatic carbocycles. The van der Waals surface area contributed by atoms with Gasteiger partial charge < -0.3 is 14.2 Å². The first kappa shape index (κ1) is 16.1. The number of hydrogen-bond donors (Lipinski definition) is 0. The van der Waals surface area contributed by atoms with Crippen molar-refractivity contribution in [2.45, 2.75) is 45.2 Å². The first-order valence-electron chi connectivity index (χ1n) is 9.45. The van der Waals surface area contributed by atoms with Crippen molar-refractivity contribution in [2.75, 3.05) is 39.4 Å². The highest BCUT2D eigenvalue weighted by atomic mass is 16.5. The number of morpholine rings is 1. The maximum Gasteiger partial charge on any atom is 0.272 e. The van der Waals surface area contributed by atoms with Crippen molar-refractivity contribution >= 4 is 5.91 Å². The van der Waals surface area contributed by atoms with Gasteiger partial charge in [0.25, 0.3) is 5.91 Å². The quantitative estimate of drug-likeness (QED) is 0.846. The molecular formula is C18H28N4O2. The fourth-order valence-electron chi connectivity index (χ4n) is 4.30. The maximum atomic E-state index is 12.7. The molecule has 132 valence electrons. The minimum atomic E-state index is 0.109. The molecule has 3 heterocycles. The lowest BCUT2D eigenvalue weighted by molar-refractivity contribution is 0.0293. The minimum Gasteiger partial charge on any atom is -0.378 e. The molecule has 0 unspecified atom stereocenters. The number of aromatic nitrogens is 2. The molecule has 1 saturated carbocycles. The van der Waals surface area contributed by atoms with Gasteiger partial charge in [0.15, 0.2) is 0 Å². The van der Waals surface area contributed by atoms with Gasteiger partial charge in [-0.15, -0.1) is 0 Å². The summed E-state index contributed by atoms with van der Waals surface area (Å²) in [4.78, 5) is 21.7. The lowest BCUT2D eigenvalue weighted by Crippen LogP contribution is -2.43. The van der Waals surface area contributed by atoms with E-state index in [9.17, 15) is 4.79 Å². The topological polar surface area (TPSA) is 50.6 Å². The normalized spacial score (nSPS) is 23.2. The predicted molar refractivity (Wildman–Crippen MR) is 90.8 cm³/mol. The largest absolute Gasteiger partial charge is 0.378 e. The number of hydrogen-bond acceptors (Lipinski definition) is 4. The first-order valence-corrected chi connectivity index (χ1v) is 9.45. The molecule has 6 heteroatoms. The van der Waals surface area contributed by atoms with E-state index in [0.717, 1.165) is 37.1 Å². The van der Waals surface area contributed by atoms with Crippen LogP contribution >= 0.6 is 0 Å². The van der Waals surface area contributed by atoms with Crippen molar-refractivity contribution < 1.29 is 9.53 Å². The fraction of sp³-hybridized carbons (Fsp3) is 0.778. The molecule has 6 nitrogen and oxygen atoms in total. The molecule has 0 aromatic carbocycles. The van der Waals surface area contributed by atoms with E-state index in [1.807, 2.05) is 4.90 Å². The molecule has 2 aliphatic heterocycles. The number of fused-ring (bicyclic) bond motifs is 1. The van der Waals surface area contributed by atoms with Gasteiger partial charge in [-0.3, -0.25) is 9.69 Å². The van der Waals surface area contributed by atoms with Gasteiger partial charge in [0.05, 0.1) is 26.0 Å². The molecular weight excluding hydrogens is 304 g/mol. The van der Waals surface area contributed by atoms with Gasteiger partial charge in [-0.05, 0) is 18.8 Å². The number of nitrogens with zero attached hydrogens (tertiary/aromatic N) is 4. The summed E-state index contributed by atoms with van der Waals surface area (Å²) < 4.78 is 7.48. The highest BCUT2D eigenvalue weighted by molar-refractivity contribution is 5.92. The van der Waals surface area contributed by atoms with Crippen LogP contribution in [0.4, 0.5) is 0 Å². The lowest BCUT2D eigenvalue weighted by Gasteiger charge is -2.33. The molecule has 0 radical (unpaired) electrons. The third-order valence-electron chi connectivity index (χ3n) is 5.70. The van der Waals surface area contributed by atoms with Crippen LogP contribution in [-0.2, 0) is 17.8 Å². The molecule has 1 amide bonds. The molecule has 1 saturated heterocycles. The summed E-state index contributed by atoms with van der Waals surface area (Å²) in [6, 6.07) is 0. The summed E-state index contributed by atoms with van der Waals surface area (Å²) in [5.41, 5.74) is 0.754. The molecule has 24 heavy (non-hydrogen) atoms. The third-order valence-corrected chi connectivity index (χ3v) is 5.70. The zero-order chi connectivity index (χ0) is 16.4. The van der Waals surface area contributed by atoms with Crippen molar-refractivity contribution in [2.24, 2.45) is 5.92 Å². The van der Waals surface area contributed by atoms with Crippen LogP contribution in [0.1, 0.15) is 48.4 Å². The molecule has 0 bridgehead atoms. The number of carbonyl (C=O) groups excluding carboxylic acids is 1. The Morgan fingerprint density at radius 3 is 2.71 bits per heavy atom. The Labute approximate surface area is 143 Å². The van der Waals surface area contributed by atoms with E-state index in [2.05, 4.69) is 14.5 Å². The van der Waals surface area contributed by atoms with Crippen LogP contribution in [0.5, 0.6) is 0 Å². The Hall–Kier alpha value is -1.40. The lowest BCUT2D eigenvalue weighted by atomic mass is 9.89. The molecule has 3 aliphatic rings. The van der Waals surface area contributed by atoms with Crippen LogP contribution < -0.4 is 0 Å². The Morgan fingerprint density at radius 2 is 1.92 bits per heavy atom. The van der Waals surface area contributed by atoms with Gasteiger partial charge in [-0.1, -0.05) is 19.3 Å². The second-order valence-corrected chi connectivity index (χ2v) is 7.36. The standard InChI is InChI=1S/C18H28N4O2/c23-18(21-8-10-24-11-9-21)16-12-19-17-14-20(6-7-22(16)17)13-15-4-2-1-3-5-15/h12,15H,1-11,13-14H2. The van der Waals surface area contributed by atoms with Gasteiger partial charge in [-0.25, -0.2) is 4.98 Å². The van der Waals surface area contributed by atoms with E-state index in [1.54, 1.807) is 6.20 Å². The van der Waals surface area contributed by atoms with E-state index in [1.165, 1.54) is 38.6 Å². The van der Waals surface area contributed by atoms with Crippen LogP contribution in [0.25, 0.3) is 0 Å². The van der Waals surface area contributed by atoms with Crippen LogP contribution in [0, 0.1) is 5.92 Å². The molecule has 2 fully saturated rings. The van der Waals surface area contributed by atoms with Crippen molar-refractivity contribution in [3.05, 3.63) is 17.7 Å². The number of imidazole rings is 1. The highest BCUT2D eigenvalue weighted by Crippen LogP contribution is 2.26. The molecule has 1 aromatic rings. The molecule has 0 atom stereocenters. The number of ether oxygens (including phenoxy) is 1. The summed E-state index contributed by atoms with van der Waals surface area (Å²) >= 11 is 0. The van der Waals surface area contributed by atoms with E-state index < -0.39 is 0 Å². The van der Waals surface area contributed by atoms with Crippen molar-refractivity contribution in [1.82, 2.24) is 19.4 Å². The Balaban J connectivity index is 1.40. The van der Waals surface area contributed by atoms with Gasteiger partial charge in [0.1, 0.15) is 11.5 Å². The number of rotatable bonds is 3. The summed E-state index contributed by atoms with van der Waals surface area (Å²) in [6.45, 7) is 6.65. The Kier molecular flexibility index (Phi) is 4.85. The summed E-state index contributed by atoms with van der Waals surface area (Å²) in [6.07, 6.45) is 8.74. The summed E-state index contributed by atoms with van der Waals surface area (Å²) in [7, 11) is 0. The monoisotopic (exact) mass is 332 g/mol. The van der Waals surface area contributed by atoms with Crippen LogP contribution in [-0.4, -0.2) is 64.7 Å². The van der Waals surface area contributed by atoms with Crippen LogP contribution in [0.3, 0.4) is 0 Å². The zero-order valence-corrected chi connectivity index (χ0v) is 14.5. The Morgan fingerprint density at radius 1 is 1.12 bits per heavy atom. The molecule has 0 N–H and O–H groups in total. The second kappa shape index (κ2) is 7.23. The first-order chi connectivity index (χ1) is 11.8. The summed E-state index contributed by atoms with van der Waals surface area (Å²) in [5, 5.41) is 0. The fourth-order valence-corrected chi connectivity index (χ4v) is 4.30. The van der Waals surface area contributed by atoms with Crippen LogP contribution in [0.2, 0.25) is 0 Å². The van der Waals surface area contributed by atoms with Gasteiger partial charge >= 0.3 is 0 Å². The van der Waals surface area contributed by atoms with E-state index in [4.69, 9.17) is 4.74 Å². The molecule has 0 spiro atoms. The van der Waals surface area contributed by atoms with E-state index in [0.29, 0.717) is 26.3 Å². The van der Waals surface area contributed by atoms with E-state index in [-0.39, 0.29) is 5.91 Å². The average molecular weight is 332 g/mol. The van der Waals surface area contributed by atoms with Gasteiger partial charge in [-0.2, -0.15) is 0 Å². The van der Waals surface area contributed by atoms with Crippen molar-refractivity contribution in [3.8, 4) is 0 Å². The zero-order valence-electron chi connectivity index (χ0n) is 14.5. The van der Waals surface area contributed by atoms with Crippen molar-refractivity contribution in [3.63, 3.8) is 0 Å². The average Bonchev–Trinajstić information content (AvgIpc) is 3.06. The second-order valence-electron chi connectivity index (χ2n) is 7.36. The predicted octanol–water partition coefficient (Wildman–Crippen LogP) is 1.75. The number of carbonyl (C=O) groups is 1. The SMILES string of the molecule is O=C(c1cnc2n1CCN(CC1CCCCC1)C2)N1CCOCC1. The molecule has 4 rings (SSSR count). The summed E-state index contributed by atoms with van der Waals surface area (Å²) in [5.74, 6) is 2.01. The smallest absolute Gasteiger partial charge is 0.272 e. The number of amides is 1. The van der Waals surface area contributed by atoms with E-state index >= 15 is 0 Å². The molecule has 1 aromatic heterocycles. The third kappa shape index (κ3) is 3.35.